The van der Waals surface area contributed by atoms with Crippen LogP contribution in [0.1, 0.15) is 12.0 Å². The molecule has 0 radical (unpaired) electrons. The van der Waals surface area contributed by atoms with Crippen LogP contribution in [0.25, 0.3) is 10.9 Å². The van der Waals surface area contributed by atoms with E-state index in [1.165, 1.54) is 5.56 Å². The van der Waals surface area contributed by atoms with Gasteiger partial charge in [0.05, 0.1) is 17.7 Å². The topological polar surface area (TPSA) is 78.5 Å². The van der Waals surface area contributed by atoms with E-state index >= 15 is 0 Å². The predicted octanol–water partition coefficient (Wildman–Crippen LogP) is 2.29. The molecule has 3 aromatic rings. The second-order valence-corrected chi connectivity index (χ2v) is 7.45. The van der Waals surface area contributed by atoms with Crippen molar-refractivity contribution in [2.45, 2.75) is 18.6 Å². The SMILES string of the molecule is CN(CC1(O)CCN(Cc2ccccc2)C1)c1nc(N)c2ccccc2n1. The molecular formula is C21H25N5O. The molecule has 0 amide bonds. The third kappa shape index (κ3) is 3.86. The monoisotopic (exact) mass is 363 g/mol. The van der Waals surface area contributed by atoms with Crippen LogP contribution in [0.2, 0.25) is 0 Å². The summed E-state index contributed by atoms with van der Waals surface area (Å²) < 4.78 is 0. The molecule has 0 spiro atoms. The van der Waals surface area contributed by atoms with Gasteiger partial charge < -0.3 is 15.7 Å². The van der Waals surface area contributed by atoms with E-state index in [-0.39, 0.29) is 0 Å². The lowest BCUT2D eigenvalue weighted by Crippen LogP contribution is -2.44. The van der Waals surface area contributed by atoms with E-state index in [1.807, 2.05) is 54.4 Å². The quantitative estimate of drug-likeness (QED) is 0.724. The average molecular weight is 363 g/mol. The number of nitrogen functional groups attached to an aromatic ring is 1. The predicted molar refractivity (Wildman–Crippen MR) is 109 cm³/mol. The summed E-state index contributed by atoms with van der Waals surface area (Å²) in [5.41, 5.74) is 7.39. The maximum Gasteiger partial charge on any atom is 0.227 e. The van der Waals surface area contributed by atoms with E-state index in [9.17, 15) is 5.11 Å². The van der Waals surface area contributed by atoms with Gasteiger partial charge in [-0.05, 0) is 24.1 Å². The van der Waals surface area contributed by atoms with E-state index in [2.05, 4.69) is 27.0 Å². The molecule has 1 fully saturated rings. The maximum absolute atomic E-state index is 11.1. The smallest absolute Gasteiger partial charge is 0.227 e. The number of β-amino-alcohol motifs (C(OH)–C–C–N with tert-alkyl or cyclic N) is 1. The Labute approximate surface area is 159 Å². The van der Waals surface area contributed by atoms with Gasteiger partial charge in [-0.2, -0.15) is 4.98 Å². The molecule has 3 N–H and O–H groups in total. The number of aromatic nitrogens is 2. The normalized spacial score (nSPS) is 20.2. The van der Waals surface area contributed by atoms with Gasteiger partial charge in [0, 0.05) is 32.1 Å². The van der Waals surface area contributed by atoms with E-state index in [1.54, 1.807) is 0 Å². The number of hydrogen-bond acceptors (Lipinski definition) is 6. The Balaban J connectivity index is 1.45. The van der Waals surface area contributed by atoms with Crippen LogP contribution >= 0.6 is 0 Å². The van der Waals surface area contributed by atoms with Crippen LogP contribution in [0.4, 0.5) is 11.8 Å². The second kappa shape index (κ2) is 7.13. The molecule has 1 atom stereocenters. The van der Waals surface area contributed by atoms with Gasteiger partial charge in [0.25, 0.3) is 0 Å². The summed E-state index contributed by atoms with van der Waals surface area (Å²) >= 11 is 0. The molecule has 27 heavy (non-hydrogen) atoms. The molecule has 1 unspecified atom stereocenters. The van der Waals surface area contributed by atoms with Crippen LogP contribution < -0.4 is 10.6 Å². The van der Waals surface area contributed by atoms with E-state index < -0.39 is 5.60 Å². The van der Waals surface area contributed by atoms with Gasteiger partial charge in [-0.3, -0.25) is 4.90 Å². The highest BCUT2D eigenvalue weighted by Crippen LogP contribution is 2.26. The summed E-state index contributed by atoms with van der Waals surface area (Å²) in [4.78, 5) is 13.2. The standard InChI is InChI=1S/C21H25N5O/c1-25(20-23-18-10-6-5-9-17(18)19(22)24-20)14-21(27)11-12-26(15-21)13-16-7-3-2-4-8-16/h2-10,27H,11-15H2,1H3,(H2,22,23,24). The number of fused-ring (bicyclic) bond motifs is 1. The second-order valence-electron chi connectivity index (χ2n) is 7.45. The zero-order chi connectivity index (χ0) is 18.9. The first kappa shape index (κ1) is 17.7. The summed E-state index contributed by atoms with van der Waals surface area (Å²) in [6, 6.07) is 18.1. The third-order valence-electron chi connectivity index (χ3n) is 5.15. The van der Waals surface area contributed by atoms with E-state index in [4.69, 9.17) is 5.73 Å². The van der Waals surface area contributed by atoms with Crippen molar-refractivity contribution >= 4 is 22.7 Å². The Morgan fingerprint density at radius 2 is 1.85 bits per heavy atom. The summed E-state index contributed by atoms with van der Waals surface area (Å²) in [6.07, 6.45) is 0.729. The highest BCUT2D eigenvalue weighted by Gasteiger charge is 2.37. The number of hydrogen-bond donors (Lipinski definition) is 2. The highest BCUT2D eigenvalue weighted by atomic mass is 16.3. The molecular weight excluding hydrogens is 338 g/mol. The van der Waals surface area contributed by atoms with Crippen molar-refractivity contribution in [3.8, 4) is 0 Å². The number of anilines is 2. The maximum atomic E-state index is 11.1. The number of nitrogens with zero attached hydrogens (tertiary/aromatic N) is 4. The Bertz CT molecular complexity index is 932. The van der Waals surface area contributed by atoms with Crippen molar-refractivity contribution in [1.29, 1.82) is 0 Å². The third-order valence-corrected chi connectivity index (χ3v) is 5.15. The minimum absolute atomic E-state index is 0.464. The minimum Gasteiger partial charge on any atom is -0.387 e. The first-order valence-corrected chi connectivity index (χ1v) is 9.24. The number of rotatable bonds is 5. The number of likely N-dealkylation sites (N-methyl/N-ethyl adjacent to an activating group) is 1. The van der Waals surface area contributed by atoms with Gasteiger partial charge in [-0.1, -0.05) is 42.5 Å². The van der Waals surface area contributed by atoms with Crippen molar-refractivity contribution in [2.75, 3.05) is 37.3 Å². The number of aliphatic hydroxyl groups is 1. The van der Waals surface area contributed by atoms with Crippen LogP contribution in [0, 0.1) is 0 Å². The van der Waals surface area contributed by atoms with Gasteiger partial charge in [0.15, 0.2) is 0 Å². The van der Waals surface area contributed by atoms with Crippen molar-refractivity contribution < 1.29 is 5.11 Å². The number of likely N-dealkylation sites (tertiary alicyclic amines) is 1. The van der Waals surface area contributed by atoms with Gasteiger partial charge in [0.1, 0.15) is 5.82 Å². The lowest BCUT2D eigenvalue weighted by atomic mass is 10.0. The van der Waals surface area contributed by atoms with E-state index in [0.29, 0.717) is 24.9 Å². The number of nitrogens with two attached hydrogens (primary N) is 1. The summed E-state index contributed by atoms with van der Waals surface area (Å²) in [6.45, 7) is 2.83. The first-order valence-electron chi connectivity index (χ1n) is 9.24. The molecule has 1 aliphatic rings. The van der Waals surface area contributed by atoms with E-state index in [0.717, 1.165) is 30.4 Å². The fraction of sp³-hybridized carbons (Fsp3) is 0.333. The zero-order valence-electron chi connectivity index (χ0n) is 15.5. The van der Waals surface area contributed by atoms with Gasteiger partial charge in [0.2, 0.25) is 5.95 Å². The Hall–Kier alpha value is -2.70. The zero-order valence-corrected chi connectivity index (χ0v) is 15.5. The molecule has 1 aliphatic heterocycles. The molecule has 0 saturated carbocycles. The molecule has 1 aromatic heterocycles. The molecule has 6 nitrogen and oxygen atoms in total. The van der Waals surface area contributed by atoms with Crippen LogP contribution in [0.15, 0.2) is 54.6 Å². The van der Waals surface area contributed by atoms with Crippen LogP contribution in [-0.4, -0.2) is 52.3 Å². The lowest BCUT2D eigenvalue weighted by Gasteiger charge is -2.29. The molecule has 4 rings (SSSR count). The summed E-state index contributed by atoms with van der Waals surface area (Å²) in [5, 5.41) is 11.9. The molecule has 2 aromatic carbocycles. The molecule has 0 aliphatic carbocycles. The summed E-state index contributed by atoms with van der Waals surface area (Å²) in [5.74, 6) is 1.01. The van der Waals surface area contributed by atoms with Crippen molar-refractivity contribution in [3.63, 3.8) is 0 Å². The van der Waals surface area contributed by atoms with Gasteiger partial charge in [-0.15, -0.1) is 0 Å². The Morgan fingerprint density at radius 3 is 2.67 bits per heavy atom. The molecule has 140 valence electrons. The number of para-hydroxylation sites is 1. The molecule has 2 heterocycles. The number of benzene rings is 2. The first-order chi connectivity index (χ1) is 13.0. The minimum atomic E-state index is -0.784. The van der Waals surface area contributed by atoms with Gasteiger partial charge in [-0.25, -0.2) is 4.98 Å². The molecule has 6 heteroatoms. The largest absolute Gasteiger partial charge is 0.387 e. The van der Waals surface area contributed by atoms with Crippen molar-refractivity contribution in [3.05, 3.63) is 60.2 Å². The van der Waals surface area contributed by atoms with Crippen LogP contribution in [0.3, 0.4) is 0 Å². The average Bonchev–Trinajstić information content (AvgIpc) is 3.02. The Morgan fingerprint density at radius 1 is 1.11 bits per heavy atom. The highest BCUT2D eigenvalue weighted by molar-refractivity contribution is 5.88. The van der Waals surface area contributed by atoms with Crippen LogP contribution in [0.5, 0.6) is 0 Å². The Kier molecular flexibility index (Phi) is 4.68. The fourth-order valence-electron chi connectivity index (χ4n) is 3.82. The molecule has 1 saturated heterocycles. The van der Waals surface area contributed by atoms with Crippen molar-refractivity contribution in [1.82, 2.24) is 14.9 Å². The van der Waals surface area contributed by atoms with Crippen molar-refractivity contribution in [2.24, 2.45) is 0 Å². The fourth-order valence-corrected chi connectivity index (χ4v) is 3.82. The van der Waals surface area contributed by atoms with Gasteiger partial charge >= 0.3 is 0 Å². The van der Waals surface area contributed by atoms with Crippen LogP contribution in [-0.2, 0) is 6.54 Å². The lowest BCUT2D eigenvalue weighted by molar-refractivity contribution is 0.0559. The summed E-state index contributed by atoms with van der Waals surface area (Å²) in [7, 11) is 1.90. The molecule has 0 bridgehead atoms.